The molecule has 0 aliphatic rings. The fraction of sp³-hybridized carbons (Fsp3) is 0.133. The first-order chi connectivity index (χ1) is 9.58. The Labute approximate surface area is 116 Å². The Morgan fingerprint density at radius 3 is 2.75 bits per heavy atom. The van der Waals surface area contributed by atoms with Gasteiger partial charge in [0.1, 0.15) is 5.82 Å². The molecule has 0 unspecified atom stereocenters. The summed E-state index contributed by atoms with van der Waals surface area (Å²) in [4.78, 5) is 11.9. The van der Waals surface area contributed by atoms with Crippen LogP contribution in [0.4, 0.5) is 10.1 Å². The molecule has 4 N–H and O–H groups in total. The smallest absolute Gasteiger partial charge is 0.255 e. The maximum absolute atomic E-state index is 13.0. The minimum atomic E-state index is -0.411. The topological polar surface area (TPSA) is 75.4 Å². The summed E-state index contributed by atoms with van der Waals surface area (Å²) < 4.78 is 13.0. The van der Waals surface area contributed by atoms with Gasteiger partial charge in [0.05, 0.1) is 11.3 Å². The number of nitrogens with two attached hydrogens (primary N) is 1. The Morgan fingerprint density at radius 2 is 2.00 bits per heavy atom. The lowest BCUT2D eigenvalue weighted by atomic mass is 10.1. The van der Waals surface area contributed by atoms with Gasteiger partial charge in [-0.2, -0.15) is 0 Å². The van der Waals surface area contributed by atoms with E-state index in [9.17, 15) is 14.3 Å². The SMILES string of the molecule is Nc1cccc(C(=O)NCCc2cccc(F)c2)c1O. The Bertz CT molecular complexity index is 629. The minimum Gasteiger partial charge on any atom is -0.505 e. The van der Waals surface area contributed by atoms with Gasteiger partial charge in [-0.15, -0.1) is 0 Å². The largest absolute Gasteiger partial charge is 0.505 e. The number of nitrogens with one attached hydrogen (secondary N) is 1. The molecule has 0 aliphatic carbocycles. The van der Waals surface area contributed by atoms with Crippen LogP contribution in [0.5, 0.6) is 5.75 Å². The normalized spacial score (nSPS) is 10.2. The van der Waals surface area contributed by atoms with Crippen molar-refractivity contribution in [1.29, 1.82) is 0 Å². The molecule has 5 heteroatoms. The van der Waals surface area contributed by atoms with Crippen molar-refractivity contribution in [2.24, 2.45) is 0 Å². The van der Waals surface area contributed by atoms with Crippen molar-refractivity contribution in [3.8, 4) is 5.75 Å². The molecule has 0 bridgehead atoms. The highest BCUT2D eigenvalue weighted by molar-refractivity contribution is 5.98. The Kier molecular flexibility index (Phi) is 4.20. The summed E-state index contributed by atoms with van der Waals surface area (Å²) >= 11 is 0. The summed E-state index contributed by atoms with van der Waals surface area (Å²) in [5, 5.41) is 12.3. The van der Waals surface area contributed by atoms with Crippen LogP contribution in [0, 0.1) is 5.82 Å². The standard InChI is InChI=1S/C15H15FN2O2/c16-11-4-1-3-10(9-11)7-8-18-15(20)12-5-2-6-13(17)14(12)19/h1-6,9,19H,7-8,17H2,(H,18,20). The van der Waals surface area contributed by atoms with E-state index in [0.29, 0.717) is 13.0 Å². The summed E-state index contributed by atoms with van der Waals surface area (Å²) in [5.41, 5.74) is 6.60. The highest BCUT2D eigenvalue weighted by Crippen LogP contribution is 2.23. The van der Waals surface area contributed by atoms with Crippen molar-refractivity contribution in [2.45, 2.75) is 6.42 Å². The number of aromatic hydroxyl groups is 1. The van der Waals surface area contributed by atoms with Gasteiger partial charge in [-0.25, -0.2) is 4.39 Å². The molecule has 0 saturated carbocycles. The van der Waals surface area contributed by atoms with Crippen LogP contribution in [-0.2, 0) is 6.42 Å². The third-order valence-corrected chi connectivity index (χ3v) is 2.90. The van der Waals surface area contributed by atoms with E-state index in [1.54, 1.807) is 18.2 Å². The zero-order valence-electron chi connectivity index (χ0n) is 10.8. The van der Waals surface area contributed by atoms with Gasteiger partial charge in [0.15, 0.2) is 5.75 Å². The molecule has 0 saturated heterocycles. The summed E-state index contributed by atoms with van der Waals surface area (Å²) in [5.74, 6) is -0.940. The lowest BCUT2D eigenvalue weighted by molar-refractivity contribution is 0.0951. The molecule has 0 aliphatic heterocycles. The van der Waals surface area contributed by atoms with Crippen LogP contribution >= 0.6 is 0 Å². The molecular weight excluding hydrogens is 259 g/mol. The van der Waals surface area contributed by atoms with Crippen molar-refractivity contribution in [3.63, 3.8) is 0 Å². The van der Waals surface area contributed by atoms with Crippen LogP contribution in [0.1, 0.15) is 15.9 Å². The van der Waals surface area contributed by atoms with E-state index in [1.165, 1.54) is 24.3 Å². The van der Waals surface area contributed by atoms with Crippen molar-refractivity contribution in [3.05, 3.63) is 59.4 Å². The van der Waals surface area contributed by atoms with Crippen LogP contribution in [0.3, 0.4) is 0 Å². The van der Waals surface area contributed by atoms with Gasteiger partial charge >= 0.3 is 0 Å². The lowest BCUT2D eigenvalue weighted by Gasteiger charge is -2.08. The van der Waals surface area contributed by atoms with E-state index < -0.39 is 5.91 Å². The van der Waals surface area contributed by atoms with Gasteiger partial charge < -0.3 is 16.2 Å². The fourth-order valence-electron chi connectivity index (χ4n) is 1.85. The zero-order valence-corrected chi connectivity index (χ0v) is 10.8. The number of carbonyl (C=O) groups excluding carboxylic acids is 1. The second-order valence-corrected chi connectivity index (χ2v) is 4.38. The minimum absolute atomic E-state index is 0.129. The van der Waals surface area contributed by atoms with E-state index in [4.69, 9.17) is 5.73 Å². The number of nitrogen functional groups attached to an aromatic ring is 1. The predicted molar refractivity (Wildman–Crippen MR) is 75.0 cm³/mol. The lowest BCUT2D eigenvalue weighted by Crippen LogP contribution is -2.25. The molecule has 0 spiro atoms. The molecule has 2 rings (SSSR count). The van der Waals surface area contributed by atoms with Crippen molar-refractivity contribution >= 4 is 11.6 Å². The maximum atomic E-state index is 13.0. The molecule has 0 heterocycles. The third-order valence-electron chi connectivity index (χ3n) is 2.90. The molecular formula is C15H15FN2O2. The van der Waals surface area contributed by atoms with Gasteiger partial charge in [-0.1, -0.05) is 18.2 Å². The molecule has 0 radical (unpaired) electrons. The van der Waals surface area contributed by atoms with E-state index in [2.05, 4.69) is 5.32 Å². The van der Waals surface area contributed by atoms with Crippen LogP contribution in [0.2, 0.25) is 0 Å². The molecule has 20 heavy (non-hydrogen) atoms. The van der Waals surface area contributed by atoms with Gasteiger partial charge in [0, 0.05) is 6.54 Å². The summed E-state index contributed by atoms with van der Waals surface area (Å²) in [6, 6.07) is 10.8. The number of hydrogen-bond acceptors (Lipinski definition) is 3. The van der Waals surface area contributed by atoms with E-state index >= 15 is 0 Å². The summed E-state index contributed by atoms with van der Waals surface area (Å²) in [7, 11) is 0. The third kappa shape index (κ3) is 3.26. The zero-order chi connectivity index (χ0) is 14.5. The number of anilines is 1. The summed E-state index contributed by atoms with van der Waals surface area (Å²) in [6.45, 7) is 0.344. The molecule has 1 amide bonds. The Morgan fingerprint density at radius 1 is 1.25 bits per heavy atom. The first-order valence-corrected chi connectivity index (χ1v) is 6.18. The van der Waals surface area contributed by atoms with Crippen molar-refractivity contribution < 1.29 is 14.3 Å². The van der Waals surface area contributed by atoms with Gasteiger partial charge in [-0.05, 0) is 36.2 Å². The number of halogens is 1. The van der Waals surface area contributed by atoms with Crippen LogP contribution < -0.4 is 11.1 Å². The monoisotopic (exact) mass is 274 g/mol. The highest BCUT2D eigenvalue weighted by atomic mass is 19.1. The van der Waals surface area contributed by atoms with Gasteiger partial charge in [0.2, 0.25) is 0 Å². The second-order valence-electron chi connectivity index (χ2n) is 4.38. The molecule has 0 aromatic heterocycles. The first kappa shape index (κ1) is 13.9. The van der Waals surface area contributed by atoms with E-state index in [-0.39, 0.29) is 22.8 Å². The second kappa shape index (κ2) is 6.06. The number of rotatable bonds is 4. The first-order valence-electron chi connectivity index (χ1n) is 6.18. The number of benzene rings is 2. The predicted octanol–water partition coefficient (Wildman–Crippen LogP) is 2.09. The van der Waals surface area contributed by atoms with E-state index in [1.807, 2.05) is 0 Å². The highest BCUT2D eigenvalue weighted by Gasteiger charge is 2.12. The van der Waals surface area contributed by atoms with Crippen molar-refractivity contribution in [1.82, 2.24) is 5.32 Å². The van der Waals surface area contributed by atoms with Crippen LogP contribution in [0.25, 0.3) is 0 Å². The molecule has 2 aromatic carbocycles. The number of amides is 1. The fourth-order valence-corrected chi connectivity index (χ4v) is 1.85. The number of carbonyl (C=O) groups is 1. The van der Waals surface area contributed by atoms with Gasteiger partial charge in [0.25, 0.3) is 5.91 Å². The average molecular weight is 274 g/mol. The molecule has 4 nitrogen and oxygen atoms in total. The van der Waals surface area contributed by atoms with Crippen LogP contribution in [-0.4, -0.2) is 17.6 Å². The maximum Gasteiger partial charge on any atom is 0.255 e. The van der Waals surface area contributed by atoms with Gasteiger partial charge in [-0.3, -0.25) is 4.79 Å². The Hall–Kier alpha value is -2.56. The van der Waals surface area contributed by atoms with Crippen molar-refractivity contribution in [2.75, 3.05) is 12.3 Å². The van der Waals surface area contributed by atoms with E-state index in [0.717, 1.165) is 5.56 Å². The number of para-hydroxylation sites is 1. The molecule has 0 atom stereocenters. The number of phenols is 1. The average Bonchev–Trinajstić information content (AvgIpc) is 2.42. The van der Waals surface area contributed by atoms with Crippen LogP contribution in [0.15, 0.2) is 42.5 Å². The summed E-state index contributed by atoms with van der Waals surface area (Å²) in [6.07, 6.45) is 0.507. The quantitative estimate of drug-likeness (QED) is 0.590. The molecule has 2 aromatic rings. The molecule has 0 fully saturated rings. The number of hydrogen-bond donors (Lipinski definition) is 3. The number of phenolic OH excluding ortho intramolecular Hbond substituents is 1. The molecule has 104 valence electrons. The Balaban J connectivity index is 1.94.